The Morgan fingerprint density at radius 1 is 1.29 bits per heavy atom. The lowest BCUT2D eigenvalue weighted by Crippen LogP contribution is -2.45. The molecule has 7 heteroatoms. The summed E-state index contributed by atoms with van der Waals surface area (Å²) < 4.78 is 0. The van der Waals surface area contributed by atoms with Gasteiger partial charge in [-0.25, -0.2) is 9.59 Å². The first-order chi connectivity index (χ1) is 9.71. The van der Waals surface area contributed by atoms with Crippen LogP contribution in [0.15, 0.2) is 24.3 Å². The molecule has 1 aromatic carbocycles. The second-order valence-corrected chi connectivity index (χ2v) is 5.17. The van der Waals surface area contributed by atoms with Crippen molar-refractivity contribution in [3.63, 3.8) is 0 Å². The third-order valence-electron chi connectivity index (χ3n) is 3.52. The smallest absolute Gasteiger partial charge is 0.335 e. The Bertz CT molecular complexity index is 628. The number of carboxylic acid groups (broad SMARTS) is 1. The van der Waals surface area contributed by atoms with Crippen LogP contribution in [0.2, 0.25) is 0 Å². The van der Waals surface area contributed by atoms with E-state index in [1.54, 1.807) is 13.8 Å². The SMILES string of the molecule is CC(C)N1C(=O)N(C)C(O)(c2cccc(C(=O)O)c2)C1=O. The minimum Gasteiger partial charge on any atom is -0.478 e. The van der Waals surface area contributed by atoms with Crippen molar-refractivity contribution in [3.8, 4) is 0 Å². The van der Waals surface area contributed by atoms with Gasteiger partial charge in [-0.05, 0) is 26.0 Å². The van der Waals surface area contributed by atoms with Gasteiger partial charge < -0.3 is 10.2 Å². The lowest BCUT2D eigenvalue weighted by molar-refractivity contribution is -0.154. The van der Waals surface area contributed by atoms with E-state index < -0.39 is 29.7 Å². The zero-order valence-electron chi connectivity index (χ0n) is 11.9. The summed E-state index contributed by atoms with van der Waals surface area (Å²) in [5.41, 5.74) is -2.21. The first-order valence-electron chi connectivity index (χ1n) is 6.39. The highest BCUT2D eigenvalue weighted by Gasteiger charge is 2.56. The fourth-order valence-corrected chi connectivity index (χ4v) is 2.34. The standard InChI is InChI=1S/C14H16N2O5/c1-8(2)16-12(19)14(21,15(3)13(16)20)10-6-4-5-9(7-10)11(17)18/h4-8,21H,1-3H3,(H,17,18). The predicted octanol–water partition coefficient (Wildman–Crippen LogP) is 0.832. The van der Waals surface area contributed by atoms with Crippen molar-refractivity contribution in [1.82, 2.24) is 9.80 Å². The Hall–Kier alpha value is -2.41. The van der Waals surface area contributed by atoms with E-state index in [0.29, 0.717) is 0 Å². The largest absolute Gasteiger partial charge is 0.478 e. The van der Waals surface area contributed by atoms with Crippen molar-refractivity contribution in [2.45, 2.75) is 25.6 Å². The van der Waals surface area contributed by atoms with Crippen LogP contribution in [0, 0.1) is 0 Å². The maximum atomic E-state index is 12.4. The van der Waals surface area contributed by atoms with Gasteiger partial charge in [-0.15, -0.1) is 0 Å². The van der Waals surface area contributed by atoms with Crippen LogP contribution in [-0.4, -0.2) is 51.0 Å². The average Bonchev–Trinajstić information content (AvgIpc) is 2.61. The molecule has 0 saturated carbocycles. The number of amides is 3. The third-order valence-corrected chi connectivity index (χ3v) is 3.52. The third kappa shape index (κ3) is 2.06. The number of aliphatic hydroxyl groups is 1. The van der Waals surface area contributed by atoms with Gasteiger partial charge >= 0.3 is 12.0 Å². The molecular weight excluding hydrogens is 276 g/mol. The number of benzene rings is 1. The van der Waals surface area contributed by atoms with Gasteiger partial charge in [-0.2, -0.15) is 0 Å². The Morgan fingerprint density at radius 2 is 1.90 bits per heavy atom. The second-order valence-electron chi connectivity index (χ2n) is 5.17. The van der Waals surface area contributed by atoms with Crippen LogP contribution in [0.4, 0.5) is 4.79 Å². The van der Waals surface area contributed by atoms with Crippen molar-refractivity contribution >= 4 is 17.9 Å². The van der Waals surface area contributed by atoms with Gasteiger partial charge in [-0.3, -0.25) is 14.6 Å². The number of carbonyl (C=O) groups is 3. The summed E-state index contributed by atoms with van der Waals surface area (Å²) in [4.78, 5) is 37.4. The van der Waals surface area contributed by atoms with E-state index in [4.69, 9.17) is 5.11 Å². The van der Waals surface area contributed by atoms with E-state index in [-0.39, 0.29) is 11.1 Å². The quantitative estimate of drug-likeness (QED) is 0.804. The predicted molar refractivity (Wildman–Crippen MR) is 72.4 cm³/mol. The van der Waals surface area contributed by atoms with E-state index in [0.717, 1.165) is 9.80 Å². The number of aromatic carboxylic acids is 1. The molecule has 0 aromatic heterocycles. The lowest BCUT2D eigenvalue weighted by atomic mass is 9.99. The molecule has 0 bridgehead atoms. The maximum Gasteiger partial charge on any atom is 0.335 e. The van der Waals surface area contributed by atoms with Gasteiger partial charge in [0, 0.05) is 18.7 Å². The number of imide groups is 1. The number of nitrogens with zero attached hydrogens (tertiary/aromatic N) is 2. The molecule has 7 nitrogen and oxygen atoms in total. The molecule has 2 rings (SSSR count). The normalized spacial score (nSPS) is 22.3. The van der Waals surface area contributed by atoms with E-state index in [9.17, 15) is 19.5 Å². The number of rotatable bonds is 3. The summed E-state index contributed by atoms with van der Waals surface area (Å²) in [6, 6.07) is 4.32. The molecule has 1 heterocycles. The number of carbonyl (C=O) groups excluding carboxylic acids is 2. The van der Waals surface area contributed by atoms with Crippen LogP contribution in [0.25, 0.3) is 0 Å². The van der Waals surface area contributed by atoms with Gasteiger partial charge in [-0.1, -0.05) is 12.1 Å². The first kappa shape index (κ1) is 15.0. The summed E-state index contributed by atoms with van der Waals surface area (Å²) in [7, 11) is 1.30. The number of hydrogen-bond donors (Lipinski definition) is 2. The number of hydrogen-bond acceptors (Lipinski definition) is 4. The highest BCUT2D eigenvalue weighted by atomic mass is 16.4. The molecule has 0 radical (unpaired) electrons. The highest BCUT2D eigenvalue weighted by molar-refractivity contribution is 6.06. The first-order valence-corrected chi connectivity index (χ1v) is 6.39. The lowest BCUT2D eigenvalue weighted by Gasteiger charge is -2.27. The van der Waals surface area contributed by atoms with Gasteiger partial charge in [0.2, 0.25) is 5.72 Å². The molecular formula is C14H16N2O5. The summed E-state index contributed by atoms with van der Waals surface area (Å²) in [5, 5.41) is 19.7. The Labute approximate surface area is 121 Å². The van der Waals surface area contributed by atoms with Crippen molar-refractivity contribution in [1.29, 1.82) is 0 Å². The molecule has 2 N–H and O–H groups in total. The van der Waals surface area contributed by atoms with E-state index >= 15 is 0 Å². The number of likely N-dealkylation sites (N-methyl/N-ethyl adjacent to an activating group) is 1. The maximum absolute atomic E-state index is 12.4. The monoisotopic (exact) mass is 292 g/mol. The van der Waals surface area contributed by atoms with Crippen molar-refractivity contribution in [2.24, 2.45) is 0 Å². The average molecular weight is 292 g/mol. The molecule has 1 aliphatic heterocycles. The Morgan fingerprint density at radius 3 is 2.38 bits per heavy atom. The molecule has 1 fully saturated rings. The van der Waals surface area contributed by atoms with Gasteiger partial charge in [0.25, 0.3) is 5.91 Å². The van der Waals surface area contributed by atoms with Crippen LogP contribution in [0.1, 0.15) is 29.8 Å². The van der Waals surface area contributed by atoms with Crippen LogP contribution in [-0.2, 0) is 10.5 Å². The molecule has 1 aliphatic rings. The van der Waals surface area contributed by atoms with Crippen LogP contribution >= 0.6 is 0 Å². The van der Waals surface area contributed by atoms with Crippen LogP contribution in [0.5, 0.6) is 0 Å². The number of urea groups is 1. The Balaban J connectivity index is 2.56. The fraction of sp³-hybridized carbons (Fsp3) is 0.357. The molecule has 0 aliphatic carbocycles. The van der Waals surface area contributed by atoms with Crippen LogP contribution < -0.4 is 0 Å². The minimum atomic E-state index is -2.19. The van der Waals surface area contributed by atoms with E-state index in [1.807, 2.05) is 0 Å². The zero-order chi connectivity index (χ0) is 15.9. The van der Waals surface area contributed by atoms with Crippen molar-refractivity contribution in [3.05, 3.63) is 35.4 Å². The van der Waals surface area contributed by atoms with Crippen LogP contribution in [0.3, 0.4) is 0 Å². The molecule has 3 amide bonds. The summed E-state index contributed by atoms with van der Waals surface area (Å²) in [5.74, 6) is -1.96. The fourth-order valence-electron chi connectivity index (χ4n) is 2.34. The summed E-state index contributed by atoms with van der Waals surface area (Å²) in [6.45, 7) is 3.31. The number of carboxylic acids is 1. The van der Waals surface area contributed by atoms with Gasteiger partial charge in [0.1, 0.15) is 0 Å². The Kier molecular flexibility index (Phi) is 3.46. The van der Waals surface area contributed by atoms with Gasteiger partial charge in [0.05, 0.1) is 5.56 Å². The van der Waals surface area contributed by atoms with E-state index in [2.05, 4.69) is 0 Å². The molecule has 21 heavy (non-hydrogen) atoms. The minimum absolute atomic E-state index is 0.0476. The van der Waals surface area contributed by atoms with Crippen molar-refractivity contribution in [2.75, 3.05) is 7.05 Å². The zero-order valence-corrected chi connectivity index (χ0v) is 11.9. The summed E-state index contributed by atoms with van der Waals surface area (Å²) in [6.07, 6.45) is 0. The summed E-state index contributed by atoms with van der Waals surface area (Å²) >= 11 is 0. The molecule has 1 atom stereocenters. The molecule has 112 valence electrons. The molecule has 0 spiro atoms. The topological polar surface area (TPSA) is 98.2 Å². The highest BCUT2D eigenvalue weighted by Crippen LogP contribution is 2.35. The van der Waals surface area contributed by atoms with Crippen molar-refractivity contribution < 1.29 is 24.6 Å². The molecule has 1 aromatic rings. The van der Waals surface area contributed by atoms with E-state index in [1.165, 1.54) is 31.3 Å². The molecule has 1 unspecified atom stereocenters. The molecule has 1 saturated heterocycles. The second kappa shape index (κ2) is 4.85. The van der Waals surface area contributed by atoms with Gasteiger partial charge in [0.15, 0.2) is 0 Å².